The Bertz CT molecular complexity index is 1360. The summed E-state index contributed by atoms with van der Waals surface area (Å²) in [5.74, 6) is -3.86. The first-order chi connectivity index (χ1) is 16.3. The van der Waals surface area contributed by atoms with E-state index in [2.05, 4.69) is 26.2 Å². The van der Waals surface area contributed by atoms with Crippen molar-refractivity contribution in [3.05, 3.63) is 88.1 Å². The molecule has 0 unspecified atom stereocenters. The number of rotatable bonds is 3. The third-order valence-corrected chi connectivity index (χ3v) is 6.75. The average Bonchev–Trinajstić information content (AvgIpc) is 2.83. The van der Waals surface area contributed by atoms with Crippen LogP contribution in [0, 0.1) is 17.8 Å². The van der Waals surface area contributed by atoms with E-state index in [9.17, 15) is 19.2 Å². The number of allylic oxidation sites excluding steroid dienone is 3. The molecule has 168 valence electrons. The minimum absolute atomic E-state index is 0.00780. The van der Waals surface area contributed by atoms with Gasteiger partial charge in [-0.25, -0.2) is 0 Å². The zero-order valence-corrected chi connectivity index (χ0v) is 19.9. The summed E-state index contributed by atoms with van der Waals surface area (Å²) in [6.07, 6.45) is 6.13. The van der Waals surface area contributed by atoms with Gasteiger partial charge in [0.1, 0.15) is 0 Å². The molecule has 2 aromatic rings. The van der Waals surface area contributed by atoms with Crippen LogP contribution in [0.4, 0.5) is 5.69 Å². The standard InChI is InChI=1S/C25H16BrN3O4S/c26-13-5-8-15(9-6-13)29-24(33)20(23(32)28-25(29)34)12-27-14-7-10-18-19(11-14)22(31)17-4-2-1-3-16(17)21(18)30/h1-12,18-20H,(H,28,32,34)/t18-,19-,20-/m1/s1. The van der Waals surface area contributed by atoms with Gasteiger partial charge < -0.3 is 5.32 Å². The molecule has 2 aromatic carbocycles. The number of anilines is 1. The minimum Gasteiger partial charge on any atom is -0.301 e. The lowest BCUT2D eigenvalue weighted by atomic mass is 9.72. The Morgan fingerprint density at radius 3 is 2.26 bits per heavy atom. The van der Waals surface area contributed by atoms with Crippen LogP contribution in [0.1, 0.15) is 20.7 Å². The van der Waals surface area contributed by atoms with E-state index in [-0.39, 0.29) is 16.7 Å². The van der Waals surface area contributed by atoms with Gasteiger partial charge in [0.05, 0.1) is 23.2 Å². The molecule has 0 bridgehead atoms. The molecule has 0 aromatic heterocycles. The summed E-state index contributed by atoms with van der Waals surface area (Å²) in [4.78, 5) is 57.0. The third-order valence-electron chi connectivity index (χ3n) is 5.93. The number of Topliss-reactive ketones (excluding diaryl/α,β-unsaturated/α-hetero) is 2. The predicted molar refractivity (Wildman–Crippen MR) is 134 cm³/mol. The Hall–Kier alpha value is -3.56. The van der Waals surface area contributed by atoms with Gasteiger partial charge in [-0.1, -0.05) is 46.3 Å². The van der Waals surface area contributed by atoms with E-state index in [1.54, 1.807) is 66.8 Å². The molecule has 1 fully saturated rings. The van der Waals surface area contributed by atoms with Gasteiger partial charge in [-0.3, -0.25) is 29.1 Å². The lowest BCUT2D eigenvalue weighted by molar-refractivity contribution is -0.130. The van der Waals surface area contributed by atoms with Crippen LogP contribution in [0.15, 0.2) is 81.9 Å². The summed E-state index contributed by atoms with van der Waals surface area (Å²) in [7, 11) is 0. The number of thiocarbonyl (C=S) groups is 1. The Labute approximate surface area is 208 Å². The van der Waals surface area contributed by atoms with E-state index in [1.807, 2.05) is 0 Å². The van der Waals surface area contributed by atoms with Crippen molar-refractivity contribution in [2.75, 3.05) is 4.90 Å². The molecule has 2 amide bonds. The number of hydrogen-bond donors (Lipinski definition) is 1. The minimum atomic E-state index is -1.20. The monoisotopic (exact) mass is 533 g/mol. The van der Waals surface area contributed by atoms with Crippen LogP contribution in [0.2, 0.25) is 0 Å². The second-order valence-electron chi connectivity index (χ2n) is 7.98. The number of carbonyl (C=O) groups excluding carboxylic acids is 4. The normalized spacial score (nSPS) is 24.1. The highest BCUT2D eigenvalue weighted by Crippen LogP contribution is 2.35. The molecule has 9 heteroatoms. The molecule has 1 N–H and O–H groups in total. The zero-order valence-electron chi connectivity index (χ0n) is 17.5. The number of fused-ring (bicyclic) bond motifs is 2. The fourth-order valence-electron chi connectivity index (χ4n) is 4.23. The number of nitrogens with one attached hydrogen (secondary N) is 1. The van der Waals surface area contributed by atoms with E-state index < -0.39 is 29.6 Å². The quantitative estimate of drug-likeness (QED) is 0.369. The Morgan fingerprint density at radius 2 is 1.59 bits per heavy atom. The van der Waals surface area contributed by atoms with Crippen LogP contribution in [0.5, 0.6) is 0 Å². The van der Waals surface area contributed by atoms with Gasteiger partial charge in [0.2, 0.25) is 5.91 Å². The number of benzene rings is 2. The molecular weight excluding hydrogens is 518 g/mol. The number of amides is 2. The first-order valence-electron chi connectivity index (χ1n) is 10.4. The number of carbonyl (C=O) groups is 4. The highest BCUT2D eigenvalue weighted by atomic mass is 79.9. The molecule has 1 saturated heterocycles. The van der Waals surface area contributed by atoms with Crippen molar-refractivity contribution in [3.63, 3.8) is 0 Å². The average molecular weight is 534 g/mol. The summed E-state index contributed by atoms with van der Waals surface area (Å²) >= 11 is 8.55. The maximum absolute atomic E-state index is 13.1. The lowest BCUT2D eigenvalue weighted by Crippen LogP contribution is -2.58. The van der Waals surface area contributed by atoms with Gasteiger partial charge in [-0.15, -0.1) is 0 Å². The second-order valence-corrected chi connectivity index (χ2v) is 9.28. The molecule has 1 heterocycles. The van der Waals surface area contributed by atoms with E-state index >= 15 is 0 Å². The van der Waals surface area contributed by atoms with Crippen LogP contribution in [-0.4, -0.2) is 34.7 Å². The maximum atomic E-state index is 13.1. The number of nitrogens with zero attached hydrogens (tertiary/aromatic N) is 2. The van der Waals surface area contributed by atoms with Crippen LogP contribution in [0.25, 0.3) is 0 Å². The van der Waals surface area contributed by atoms with Gasteiger partial charge in [0.25, 0.3) is 5.91 Å². The van der Waals surface area contributed by atoms with Gasteiger partial charge >= 0.3 is 0 Å². The van der Waals surface area contributed by atoms with Crippen molar-refractivity contribution in [1.29, 1.82) is 0 Å². The van der Waals surface area contributed by atoms with Crippen molar-refractivity contribution in [3.8, 4) is 0 Å². The first-order valence-corrected chi connectivity index (χ1v) is 11.6. The van der Waals surface area contributed by atoms with Crippen molar-refractivity contribution in [2.45, 2.75) is 0 Å². The molecule has 5 rings (SSSR count). The van der Waals surface area contributed by atoms with Crippen LogP contribution in [0.3, 0.4) is 0 Å². The Kier molecular flexibility index (Phi) is 5.66. The highest BCUT2D eigenvalue weighted by molar-refractivity contribution is 9.10. The summed E-state index contributed by atoms with van der Waals surface area (Å²) in [5.41, 5.74) is 1.73. The van der Waals surface area contributed by atoms with E-state index in [0.29, 0.717) is 22.5 Å². The molecule has 1 aliphatic heterocycles. The van der Waals surface area contributed by atoms with Crippen molar-refractivity contribution >= 4 is 68.5 Å². The summed E-state index contributed by atoms with van der Waals surface area (Å²) in [6.45, 7) is 0. The molecular formula is C25H16BrN3O4S. The second kappa shape index (κ2) is 8.66. The van der Waals surface area contributed by atoms with Gasteiger partial charge in [0.15, 0.2) is 22.6 Å². The molecule has 0 saturated carbocycles. The number of ketones is 2. The van der Waals surface area contributed by atoms with Gasteiger partial charge in [-0.05, 0) is 48.6 Å². The van der Waals surface area contributed by atoms with Crippen molar-refractivity contribution in [1.82, 2.24) is 5.32 Å². The first kappa shape index (κ1) is 22.2. The predicted octanol–water partition coefficient (Wildman–Crippen LogP) is 3.65. The lowest BCUT2D eigenvalue weighted by Gasteiger charge is -2.31. The summed E-state index contributed by atoms with van der Waals surface area (Å²) < 4.78 is 0.835. The van der Waals surface area contributed by atoms with Crippen LogP contribution >= 0.6 is 28.1 Å². The van der Waals surface area contributed by atoms with Crippen LogP contribution < -0.4 is 10.2 Å². The molecule has 7 nitrogen and oxygen atoms in total. The third kappa shape index (κ3) is 3.76. The molecule has 34 heavy (non-hydrogen) atoms. The largest absolute Gasteiger partial charge is 0.301 e. The number of aliphatic imine (C=N–C) groups is 1. The maximum Gasteiger partial charge on any atom is 0.251 e. The smallest absolute Gasteiger partial charge is 0.251 e. The molecule has 2 aliphatic carbocycles. The van der Waals surface area contributed by atoms with Crippen molar-refractivity contribution in [2.24, 2.45) is 22.7 Å². The molecule has 3 aliphatic rings. The van der Waals surface area contributed by atoms with Crippen LogP contribution in [-0.2, 0) is 9.59 Å². The highest BCUT2D eigenvalue weighted by Gasteiger charge is 2.41. The topological polar surface area (TPSA) is 95.9 Å². The van der Waals surface area contributed by atoms with Crippen molar-refractivity contribution < 1.29 is 19.2 Å². The van der Waals surface area contributed by atoms with E-state index in [0.717, 1.165) is 4.47 Å². The fourth-order valence-corrected chi connectivity index (χ4v) is 4.79. The zero-order chi connectivity index (χ0) is 24.0. The van der Waals surface area contributed by atoms with Gasteiger partial charge in [-0.2, -0.15) is 0 Å². The Morgan fingerprint density at radius 1 is 0.941 bits per heavy atom. The van der Waals surface area contributed by atoms with E-state index in [1.165, 1.54) is 11.1 Å². The Balaban J connectivity index is 1.41. The molecule has 0 radical (unpaired) electrons. The molecule has 3 atom stereocenters. The summed E-state index contributed by atoms with van der Waals surface area (Å²) in [6, 6.07) is 13.7. The summed E-state index contributed by atoms with van der Waals surface area (Å²) in [5, 5.41) is 2.53. The number of hydrogen-bond acceptors (Lipinski definition) is 6. The fraction of sp³-hybridized carbons (Fsp3) is 0.120. The molecule has 0 spiro atoms. The number of halogens is 1. The SMILES string of the molecule is O=C1NC(=S)N(c2ccc(Br)cc2)C(=O)[C@@H]1C=NC1=C[C@H]2C(=O)c3ccccc3C(=O)[C@@H]2C=C1. The van der Waals surface area contributed by atoms with E-state index in [4.69, 9.17) is 12.2 Å². The van der Waals surface area contributed by atoms with Gasteiger partial charge in [0, 0.05) is 21.8 Å².